The van der Waals surface area contributed by atoms with Crippen molar-refractivity contribution in [1.29, 1.82) is 0 Å². The highest BCUT2D eigenvalue weighted by Crippen LogP contribution is 2.33. The van der Waals surface area contributed by atoms with E-state index in [9.17, 15) is 38.4 Å². The van der Waals surface area contributed by atoms with Gasteiger partial charge in [-0.05, 0) is 101 Å². The van der Waals surface area contributed by atoms with Crippen LogP contribution in [-0.2, 0) is 38.4 Å². The van der Waals surface area contributed by atoms with Crippen molar-refractivity contribution in [2.45, 2.75) is 153 Å². The van der Waals surface area contributed by atoms with E-state index < -0.39 is 36.3 Å². The van der Waals surface area contributed by atoms with Gasteiger partial charge < -0.3 is 51.5 Å². The number of likely N-dealkylation sites (N-methyl/N-ethyl adjacent to an activating group) is 2. The molecule has 0 saturated carbocycles. The molecule has 4 aliphatic heterocycles. The van der Waals surface area contributed by atoms with Crippen LogP contribution in [0.1, 0.15) is 127 Å². The molecule has 4 aromatic rings. The van der Waals surface area contributed by atoms with Crippen LogP contribution in [-0.4, -0.2) is 155 Å². The summed E-state index contributed by atoms with van der Waals surface area (Å²) in [6.45, 7) is 10.5. The maximum atomic E-state index is 14.1. The third-order valence-electron chi connectivity index (χ3n) is 16.1. The first-order valence-corrected chi connectivity index (χ1v) is 29.0. The van der Waals surface area contributed by atoms with Crippen LogP contribution in [0.2, 0.25) is 0 Å². The minimum Gasteiger partial charge on any atom is -0.343 e. The van der Waals surface area contributed by atoms with Crippen molar-refractivity contribution in [2.75, 3.05) is 40.3 Å². The SMILES string of the molecule is CCCC(=O)N1CC[C@H]2CC[C@@H](C(=O)NC(c3ccccc3)c3ccccc3)N2C(=O)[C@@H](NC(=O)[C@H](C)NC)C1.CN[C@@H](C)C(=O)N[C@H]1CN(C(=O)CC(C)C)CC[C@H]2CC[C@@H](C(=O)NC(c3ccccc3)c3ccccc3)N2C1=O.Cl. The number of benzene rings is 4. The van der Waals surface area contributed by atoms with Crippen molar-refractivity contribution in [2.24, 2.45) is 5.92 Å². The zero-order valence-electron chi connectivity index (χ0n) is 48.6. The molecule has 6 N–H and O–H groups in total. The number of halogens is 1. The molecule has 8 atom stereocenters. The summed E-state index contributed by atoms with van der Waals surface area (Å²) in [5.74, 6) is -1.59. The summed E-state index contributed by atoms with van der Waals surface area (Å²) < 4.78 is 0. The molecule has 0 bridgehead atoms. The molecule has 0 aromatic heterocycles. The summed E-state index contributed by atoms with van der Waals surface area (Å²) in [6.07, 6.45) is 5.02. The van der Waals surface area contributed by atoms with Crippen molar-refractivity contribution in [1.82, 2.24) is 51.5 Å². The van der Waals surface area contributed by atoms with Crippen LogP contribution in [0.4, 0.5) is 0 Å². The van der Waals surface area contributed by atoms with Gasteiger partial charge in [0, 0.05) is 51.1 Å². The molecule has 4 aliphatic rings. The first-order valence-electron chi connectivity index (χ1n) is 29.0. The highest BCUT2D eigenvalue weighted by Gasteiger charge is 2.48. The fourth-order valence-electron chi connectivity index (χ4n) is 11.4. The molecule has 442 valence electrons. The number of hydrogen-bond donors (Lipinski definition) is 6. The van der Waals surface area contributed by atoms with E-state index in [1.807, 2.05) is 142 Å². The van der Waals surface area contributed by atoms with Gasteiger partial charge in [0.15, 0.2) is 0 Å². The summed E-state index contributed by atoms with van der Waals surface area (Å²) in [6, 6.07) is 33.8. The second-order valence-electron chi connectivity index (χ2n) is 22.3. The minimum atomic E-state index is -0.940. The first kappa shape index (κ1) is 64.0. The maximum absolute atomic E-state index is 14.1. The highest BCUT2D eigenvalue weighted by atomic mass is 35.5. The molecule has 0 aliphatic carbocycles. The van der Waals surface area contributed by atoms with Crippen molar-refractivity contribution in [3.05, 3.63) is 144 Å². The van der Waals surface area contributed by atoms with Crippen LogP contribution in [0.5, 0.6) is 0 Å². The Bertz CT molecular complexity index is 2680. The van der Waals surface area contributed by atoms with Crippen molar-refractivity contribution < 1.29 is 38.4 Å². The summed E-state index contributed by atoms with van der Waals surface area (Å²) >= 11 is 0. The minimum absolute atomic E-state index is 0. The highest BCUT2D eigenvalue weighted by molar-refractivity contribution is 5.96. The number of fused-ring (bicyclic) bond motifs is 2. The molecule has 8 rings (SSSR count). The van der Waals surface area contributed by atoms with Gasteiger partial charge in [-0.2, -0.15) is 0 Å². The molecule has 82 heavy (non-hydrogen) atoms. The van der Waals surface area contributed by atoms with Gasteiger partial charge in [0.25, 0.3) is 0 Å². The van der Waals surface area contributed by atoms with E-state index in [2.05, 4.69) is 31.9 Å². The molecule has 4 heterocycles. The molecule has 4 aromatic carbocycles. The largest absolute Gasteiger partial charge is 0.343 e. The normalized spacial score (nSPS) is 21.5. The van der Waals surface area contributed by atoms with Gasteiger partial charge in [-0.1, -0.05) is 142 Å². The number of nitrogens with zero attached hydrogens (tertiary/aromatic N) is 4. The fraction of sp³-hybridized carbons (Fsp3) is 0.492. The van der Waals surface area contributed by atoms with Crippen molar-refractivity contribution in [3.63, 3.8) is 0 Å². The second kappa shape index (κ2) is 30.8. The Balaban J connectivity index is 0.000000261. The molecule has 19 heteroatoms. The molecule has 0 radical (unpaired) electrons. The lowest BCUT2D eigenvalue weighted by Crippen LogP contribution is -2.62. The van der Waals surface area contributed by atoms with Crippen LogP contribution in [0, 0.1) is 5.92 Å². The molecule has 0 spiro atoms. The van der Waals surface area contributed by atoms with Crippen LogP contribution >= 0.6 is 12.4 Å². The maximum Gasteiger partial charge on any atom is 0.247 e. The third-order valence-corrected chi connectivity index (χ3v) is 16.1. The molecular weight excluding hydrogens is 1060 g/mol. The Labute approximate surface area is 490 Å². The van der Waals surface area contributed by atoms with Crippen molar-refractivity contribution >= 4 is 59.7 Å². The van der Waals surface area contributed by atoms with Crippen LogP contribution in [0.25, 0.3) is 0 Å². The fourth-order valence-corrected chi connectivity index (χ4v) is 11.4. The van der Waals surface area contributed by atoms with E-state index in [-0.39, 0.29) is 103 Å². The van der Waals surface area contributed by atoms with Crippen molar-refractivity contribution in [3.8, 4) is 0 Å². The summed E-state index contributed by atoms with van der Waals surface area (Å²) in [4.78, 5) is 114. The smallest absolute Gasteiger partial charge is 0.247 e. The van der Waals surface area contributed by atoms with E-state index in [0.717, 1.165) is 22.3 Å². The molecule has 0 unspecified atom stereocenters. The zero-order valence-corrected chi connectivity index (χ0v) is 49.4. The zero-order chi connectivity index (χ0) is 58.2. The monoisotopic (exact) mass is 1140 g/mol. The predicted octanol–water partition coefficient (Wildman–Crippen LogP) is 5.42. The van der Waals surface area contributed by atoms with Gasteiger partial charge in [-0.3, -0.25) is 38.4 Å². The van der Waals surface area contributed by atoms with Crippen LogP contribution in [0.3, 0.4) is 0 Å². The Kier molecular flexibility index (Phi) is 24.0. The van der Waals surface area contributed by atoms with Gasteiger partial charge in [0.1, 0.15) is 24.2 Å². The summed E-state index contributed by atoms with van der Waals surface area (Å²) in [5.41, 5.74) is 3.80. The summed E-state index contributed by atoms with van der Waals surface area (Å²) in [5, 5.41) is 18.0. The first-order chi connectivity index (χ1) is 39.0. The van der Waals surface area contributed by atoms with Gasteiger partial charge in [0.2, 0.25) is 47.3 Å². The van der Waals surface area contributed by atoms with Crippen LogP contribution in [0.15, 0.2) is 121 Å². The molecular formula is C63H85ClN10O8. The average molecular weight is 1150 g/mol. The molecule has 8 amide bonds. The average Bonchev–Trinajstić information content (AvgIpc) is 4.12. The number of hydrogen-bond acceptors (Lipinski definition) is 10. The van der Waals surface area contributed by atoms with E-state index in [4.69, 9.17) is 0 Å². The Morgan fingerprint density at radius 2 is 0.841 bits per heavy atom. The molecule has 18 nitrogen and oxygen atoms in total. The second-order valence-corrected chi connectivity index (χ2v) is 22.3. The van der Waals surface area contributed by atoms with Gasteiger partial charge in [0.05, 0.1) is 24.2 Å². The van der Waals surface area contributed by atoms with Crippen LogP contribution < -0.4 is 31.9 Å². The number of amides is 8. The Morgan fingerprint density at radius 1 is 0.500 bits per heavy atom. The van der Waals surface area contributed by atoms with E-state index in [1.54, 1.807) is 47.5 Å². The number of nitrogens with one attached hydrogen (secondary N) is 6. The lowest BCUT2D eigenvalue weighted by molar-refractivity contribution is -0.147. The quantitative estimate of drug-likeness (QED) is 0.0743. The third kappa shape index (κ3) is 16.3. The number of carbonyl (C=O) groups excluding carboxylic acids is 8. The van der Waals surface area contributed by atoms with Gasteiger partial charge in [-0.15, -0.1) is 12.4 Å². The lowest BCUT2D eigenvalue weighted by atomic mass is 9.98. The Hall–Kier alpha value is -7.15. The van der Waals surface area contributed by atoms with E-state index in [0.29, 0.717) is 70.9 Å². The summed E-state index contributed by atoms with van der Waals surface area (Å²) in [7, 11) is 3.35. The standard InChI is InChI=1S/C32H43N5O4.C31H41N5O4.ClH/c1-21(2)19-28(38)36-18-17-25-15-16-27(37(25)32(41)26(20-36)34-30(39)22(3)33-4)31(40)35-29(23-11-7-5-8-12-23)24-13-9-6-10-14-24;1-4-11-27(37)35-19-18-24-16-17-26(36(24)31(40)25(20-35)33-29(38)21(2)32-3)30(39)34-28(22-12-7-5-8-13-22)23-14-9-6-10-15-23;/h5-14,21-22,25-27,29,33H,15-20H2,1-4H3,(H,34,39)(H,35,40);5-10,12-15,21,24-26,28,32H,4,11,16-20H2,1-3H3,(H,33,38)(H,34,39);1H/t22-,25+,26-,27-;21-,24+,25-,26-;/m00./s1. The number of rotatable bonds is 18. The van der Waals surface area contributed by atoms with E-state index >= 15 is 0 Å². The molecule has 4 saturated heterocycles. The lowest BCUT2D eigenvalue weighted by Gasteiger charge is -2.39. The molecule has 4 fully saturated rings. The van der Waals surface area contributed by atoms with Gasteiger partial charge in [-0.25, -0.2) is 0 Å². The Morgan fingerprint density at radius 3 is 1.16 bits per heavy atom. The van der Waals surface area contributed by atoms with E-state index in [1.165, 1.54) is 0 Å². The van der Waals surface area contributed by atoms with Gasteiger partial charge >= 0.3 is 0 Å². The number of carbonyl (C=O) groups is 8. The topological polar surface area (TPSA) is 222 Å². The predicted molar refractivity (Wildman–Crippen MR) is 318 cm³/mol.